The molecular formula is C19H20N4O2. The van der Waals surface area contributed by atoms with Gasteiger partial charge in [0.05, 0.1) is 24.9 Å². The molecule has 0 aliphatic rings. The number of nitrogens with zero attached hydrogens (tertiary/aromatic N) is 3. The number of para-hydroxylation sites is 1. The van der Waals surface area contributed by atoms with E-state index in [-0.39, 0.29) is 5.91 Å². The highest BCUT2D eigenvalue weighted by atomic mass is 16.5. The van der Waals surface area contributed by atoms with Gasteiger partial charge < -0.3 is 10.1 Å². The molecule has 0 saturated heterocycles. The van der Waals surface area contributed by atoms with Crippen LogP contribution in [-0.2, 0) is 6.54 Å². The highest BCUT2D eigenvalue weighted by molar-refractivity contribution is 5.96. The van der Waals surface area contributed by atoms with Crippen molar-refractivity contribution in [3.8, 4) is 17.0 Å². The second-order valence-electron chi connectivity index (χ2n) is 5.59. The molecule has 25 heavy (non-hydrogen) atoms. The van der Waals surface area contributed by atoms with E-state index in [0.29, 0.717) is 24.4 Å². The summed E-state index contributed by atoms with van der Waals surface area (Å²) in [6.45, 7) is 3.06. The molecule has 0 bridgehead atoms. The first-order chi connectivity index (χ1) is 12.2. The molecule has 0 unspecified atom stereocenters. The molecule has 1 amide bonds. The highest BCUT2D eigenvalue weighted by Gasteiger charge is 2.11. The first-order valence-corrected chi connectivity index (χ1v) is 8.05. The zero-order chi connectivity index (χ0) is 17.6. The maximum Gasteiger partial charge on any atom is 0.255 e. The number of methoxy groups -OCH3 is 1. The van der Waals surface area contributed by atoms with Gasteiger partial charge in [0.25, 0.3) is 5.91 Å². The largest absolute Gasteiger partial charge is 0.496 e. The van der Waals surface area contributed by atoms with E-state index in [0.717, 1.165) is 17.0 Å². The van der Waals surface area contributed by atoms with Crippen LogP contribution in [0, 0.1) is 6.92 Å². The van der Waals surface area contributed by atoms with E-state index in [1.807, 2.05) is 41.9 Å². The molecule has 2 aromatic heterocycles. The number of rotatable bonds is 6. The van der Waals surface area contributed by atoms with Crippen molar-refractivity contribution in [3.63, 3.8) is 0 Å². The fraction of sp³-hybridized carbons (Fsp3) is 0.211. The van der Waals surface area contributed by atoms with Crippen LogP contribution >= 0.6 is 0 Å². The van der Waals surface area contributed by atoms with E-state index in [4.69, 9.17) is 4.74 Å². The lowest BCUT2D eigenvalue weighted by Crippen LogP contribution is -2.28. The Bertz CT molecular complexity index is 859. The SMILES string of the molecule is COc1ccccc1C(=O)NCCn1nc(-c2cccnc2)cc1C. The van der Waals surface area contributed by atoms with Gasteiger partial charge in [-0.15, -0.1) is 0 Å². The fourth-order valence-electron chi connectivity index (χ4n) is 2.59. The van der Waals surface area contributed by atoms with E-state index in [1.165, 1.54) is 0 Å². The number of benzene rings is 1. The zero-order valence-corrected chi connectivity index (χ0v) is 14.3. The van der Waals surface area contributed by atoms with E-state index in [9.17, 15) is 4.79 Å². The van der Waals surface area contributed by atoms with Gasteiger partial charge in [0.1, 0.15) is 5.75 Å². The summed E-state index contributed by atoms with van der Waals surface area (Å²) in [4.78, 5) is 16.4. The number of hydrogen-bond donors (Lipinski definition) is 1. The summed E-state index contributed by atoms with van der Waals surface area (Å²) in [6, 6.07) is 13.0. The van der Waals surface area contributed by atoms with Crippen LogP contribution in [0.1, 0.15) is 16.1 Å². The molecule has 0 atom stereocenters. The summed E-state index contributed by atoms with van der Waals surface area (Å²) >= 11 is 0. The third-order valence-electron chi connectivity index (χ3n) is 3.90. The number of hydrogen-bond acceptors (Lipinski definition) is 4. The Morgan fingerprint density at radius 3 is 2.84 bits per heavy atom. The normalized spacial score (nSPS) is 10.5. The Balaban J connectivity index is 1.63. The van der Waals surface area contributed by atoms with E-state index in [1.54, 1.807) is 31.6 Å². The van der Waals surface area contributed by atoms with Gasteiger partial charge in [-0.05, 0) is 37.3 Å². The predicted octanol–water partition coefficient (Wildman–Crippen LogP) is 2.69. The van der Waals surface area contributed by atoms with E-state index < -0.39 is 0 Å². The van der Waals surface area contributed by atoms with Crippen LogP contribution in [0.4, 0.5) is 0 Å². The highest BCUT2D eigenvalue weighted by Crippen LogP contribution is 2.18. The van der Waals surface area contributed by atoms with Crippen LogP contribution < -0.4 is 10.1 Å². The van der Waals surface area contributed by atoms with Gasteiger partial charge in [0.15, 0.2) is 0 Å². The van der Waals surface area contributed by atoms with Gasteiger partial charge in [-0.25, -0.2) is 0 Å². The minimum atomic E-state index is -0.158. The van der Waals surface area contributed by atoms with Crippen molar-refractivity contribution >= 4 is 5.91 Å². The lowest BCUT2D eigenvalue weighted by Gasteiger charge is -2.09. The molecule has 0 radical (unpaired) electrons. The second kappa shape index (κ2) is 7.61. The fourth-order valence-corrected chi connectivity index (χ4v) is 2.59. The summed E-state index contributed by atoms with van der Waals surface area (Å²) in [6.07, 6.45) is 3.52. The van der Waals surface area contributed by atoms with Gasteiger partial charge >= 0.3 is 0 Å². The molecule has 6 nitrogen and oxygen atoms in total. The number of carbonyl (C=O) groups excluding carboxylic acids is 1. The number of ether oxygens (including phenoxy) is 1. The van der Waals surface area contributed by atoms with Gasteiger partial charge in [-0.3, -0.25) is 14.5 Å². The van der Waals surface area contributed by atoms with Crippen LogP contribution in [0.15, 0.2) is 54.9 Å². The molecule has 128 valence electrons. The van der Waals surface area contributed by atoms with Crippen LogP contribution in [-0.4, -0.2) is 34.3 Å². The first kappa shape index (κ1) is 16.7. The number of aromatic nitrogens is 3. The van der Waals surface area contributed by atoms with Crippen molar-refractivity contribution in [1.82, 2.24) is 20.1 Å². The number of carbonyl (C=O) groups is 1. The summed E-state index contributed by atoms with van der Waals surface area (Å²) in [5, 5.41) is 7.49. The third kappa shape index (κ3) is 3.85. The number of nitrogens with one attached hydrogen (secondary N) is 1. The summed E-state index contributed by atoms with van der Waals surface area (Å²) < 4.78 is 7.10. The molecule has 0 aliphatic heterocycles. The summed E-state index contributed by atoms with van der Waals surface area (Å²) in [5.74, 6) is 0.406. The lowest BCUT2D eigenvalue weighted by molar-refractivity contribution is 0.0949. The van der Waals surface area contributed by atoms with E-state index in [2.05, 4.69) is 15.4 Å². The molecule has 0 spiro atoms. The molecule has 3 rings (SSSR count). The quantitative estimate of drug-likeness (QED) is 0.751. The molecule has 1 aromatic carbocycles. The van der Waals surface area contributed by atoms with Gasteiger partial charge in [-0.2, -0.15) is 5.10 Å². The Hall–Kier alpha value is -3.15. The average Bonchev–Trinajstić information content (AvgIpc) is 3.03. The number of pyridine rings is 1. The molecular weight excluding hydrogens is 316 g/mol. The van der Waals surface area contributed by atoms with Gasteiger partial charge in [0, 0.05) is 30.2 Å². The van der Waals surface area contributed by atoms with Crippen molar-refractivity contribution < 1.29 is 9.53 Å². The molecule has 2 heterocycles. The second-order valence-corrected chi connectivity index (χ2v) is 5.59. The topological polar surface area (TPSA) is 69.0 Å². The van der Waals surface area contributed by atoms with Crippen LogP contribution in [0.25, 0.3) is 11.3 Å². The minimum absolute atomic E-state index is 0.158. The number of aryl methyl sites for hydroxylation is 1. The van der Waals surface area contributed by atoms with Gasteiger partial charge in [-0.1, -0.05) is 12.1 Å². The van der Waals surface area contributed by atoms with Crippen molar-refractivity contribution in [3.05, 3.63) is 66.1 Å². The van der Waals surface area contributed by atoms with Gasteiger partial charge in [0.2, 0.25) is 0 Å². The third-order valence-corrected chi connectivity index (χ3v) is 3.90. The molecule has 3 aromatic rings. The molecule has 0 aliphatic carbocycles. The smallest absolute Gasteiger partial charge is 0.255 e. The Morgan fingerprint density at radius 2 is 2.08 bits per heavy atom. The van der Waals surface area contributed by atoms with Crippen molar-refractivity contribution in [2.75, 3.05) is 13.7 Å². The lowest BCUT2D eigenvalue weighted by atomic mass is 10.2. The maximum absolute atomic E-state index is 12.3. The summed E-state index contributed by atoms with van der Waals surface area (Å²) in [5.41, 5.74) is 3.41. The zero-order valence-electron chi connectivity index (χ0n) is 14.3. The minimum Gasteiger partial charge on any atom is -0.496 e. The van der Waals surface area contributed by atoms with Crippen LogP contribution in [0.2, 0.25) is 0 Å². The van der Waals surface area contributed by atoms with Crippen molar-refractivity contribution in [2.45, 2.75) is 13.5 Å². The standard InChI is InChI=1S/C19H20N4O2/c1-14-12-17(15-6-5-9-20-13-15)22-23(14)11-10-21-19(24)16-7-3-4-8-18(16)25-2/h3-9,12-13H,10-11H2,1-2H3,(H,21,24). The number of amides is 1. The average molecular weight is 336 g/mol. The molecule has 0 fully saturated rings. The van der Waals surface area contributed by atoms with E-state index >= 15 is 0 Å². The predicted molar refractivity (Wildman–Crippen MR) is 95.5 cm³/mol. The molecule has 0 saturated carbocycles. The Kier molecular flexibility index (Phi) is 5.09. The summed E-state index contributed by atoms with van der Waals surface area (Å²) in [7, 11) is 1.55. The monoisotopic (exact) mass is 336 g/mol. The van der Waals surface area contributed by atoms with Crippen LogP contribution in [0.5, 0.6) is 5.75 Å². The Morgan fingerprint density at radius 1 is 1.24 bits per heavy atom. The molecule has 1 N–H and O–H groups in total. The van der Waals surface area contributed by atoms with Crippen molar-refractivity contribution in [2.24, 2.45) is 0 Å². The van der Waals surface area contributed by atoms with Crippen LogP contribution in [0.3, 0.4) is 0 Å². The van der Waals surface area contributed by atoms with Crippen molar-refractivity contribution in [1.29, 1.82) is 0 Å². The first-order valence-electron chi connectivity index (χ1n) is 8.05. The Labute approximate surface area is 146 Å². The molecule has 6 heteroatoms. The maximum atomic E-state index is 12.3.